The third-order valence-electron chi connectivity index (χ3n) is 4.21. The Labute approximate surface area is 147 Å². The number of aryl methyl sites for hydroxylation is 3. The summed E-state index contributed by atoms with van der Waals surface area (Å²) >= 11 is 0. The van der Waals surface area contributed by atoms with Crippen LogP contribution in [0.4, 0.5) is 11.5 Å². The Kier molecular flexibility index (Phi) is 3.73. The fraction of sp³-hybridized carbons (Fsp3) is 0.143. The van der Waals surface area contributed by atoms with Gasteiger partial charge in [-0.2, -0.15) is 0 Å². The second kappa shape index (κ2) is 6.06. The number of nitrogens with one attached hydrogen (secondary N) is 1. The smallest absolute Gasteiger partial charge is 0.235 e. The maximum atomic E-state index is 4.74. The molecule has 2 aromatic heterocycles. The minimum absolute atomic E-state index is 0.685. The highest BCUT2D eigenvalue weighted by atomic mass is 15.2. The largest absolute Gasteiger partial charge is 0.339 e. The summed E-state index contributed by atoms with van der Waals surface area (Å²) in [4.78, 5) is 9.14. The Morgan fingerprint density at radius 2 is 1.60 bits per heavy atom. The molecular formula is C21H20N4. The van der Waals surface area contributed by atoms with Gasteiger partial charge in [0, 0.05) is 23.6 Å². The van der Waals surface area contributed by atoms with Crippen LogP contribution < -0.4 is 5.32 Å². The summed E-state index contributed by atoms with van der Waals surface area (Å²) in [5.41, 5.74) is 6.71. The van der Waals surface area contributed by atoms with Crippen LogP contribution in [0.3, 0.4) is 0 Å². The van der Waals surface area contributed by atoms with Gasteiger partial charge in [-0.3, -0.25) is 4.40 Å². The van der Waals surface area contributed by atoms with Crippen molar-refractivity contribution in [3.05, 3.63) is 77.6 Å². The van der Waals surface area contributed by atoms with Crippen molar-refractivity contribution < 1.29 is 0 Å². The summed E-state index contributed by atoms with van der Waals surface area (Å²) in [6.07, 6.45) is 3.75. The van der Waals surface area contributed by atoms with Gasteiger partial charge in [0.1, 0.15) is 11.5 Å². The Morgan fingerprint density at radius 3 is 2.32 bits per heavy atom. The number of hydrogen-bond acceptors (Lipinski definition) is 3. The summed E-state index contributed by atoms with van der Waals surface area (Å²) in [6, 6.07) is 16.8. The summed E-state index contributed by atoms with van der Waals surface area (Å²) in [6.45, 7) is 6.30. The molecule has 124 valence electrons. The summed E-state index contributed by atoms with van der Waals surface area (Å²) < 4.78 is 1.99. The normalized spacial score (nSPS) is 11.0. The zero-order valence-corrected chi connectivity index (χ0v) is 14.6. The Morgan fingerprint density at radius 1 is 0.880 bits per heavy atom. The molecule has 1 N–H and O–H groups in total. The zero-order valence-electron chi connectivity index (χ0n) is 14.6. The van der Waals surface area contributed by atoms with Crippen LogP contribution in [0.2, 0.25) is 0 Å². The van der Waals surface area contributed by atoms with E-state index in [1.807, 2.05) is 16.7 Å². The Bertz CT molecular complexity index is 1030. The van der Waals surface area contributed by atoms with Gasteiger partial charge in [0.2, 0.25) is 5.78 Å². The highest BCUT2D eigenvalue weighted by Crippen LogP contribution is 2.31. The topological polar surface area (TPSA) is 42.2 Å². The fourth-order valence-corrected chi connectivity index (χ4v) is 3.10. The number of aromatic nitrogens is 3. The van der Waals surface area contributed by atoms with E-state index in [0.29, 0.717) is 5.78 Å². The summed E-state index contributed by atoms with van der Waals surface area (Å²) in [5.74, 6) is 1.61. The van der Waals surface area contributed by atoms with Gasteiger partial charge in [-0.05, 0) is 50.1 Å². The van der Waals surface area contributed by atoms with E-state index in [0.717, 1.165) is 22.8 Å². The van der Waals surface area contributed by atoms with Crippen molar-refractivity contribution in [1.82, 2.24) is 14.4 Å². The lowest BCUT2D eigenvalue weighted by Crippen LogP contribution is -1.98. The van der Waals surface area contributed by atoms with Crippen molar-refractivity contribution in [2.24, 2.45) is 0 Å². The maximum Gasteiger partial charge on any atom is 0.235 e. The molecule has 0 bridgehead atoms. The lowest BCUT2D eigenvalue weighted by atomic mass is 10.1. The Balaban J connectivity index is 1.88. The summed E-state index contributed by atoms with van der Waals surface area (Å²) in [7, 11) is 0. The number of rotatable bonds is 3. The highest BCUT2D eigenvalue weighted by Gasteiger charge is 2.15. The zero-order chi connectivity index (χ0) is 17.4. The average Bonchev–Trinajstić information content (AvgIpc) is 2.93. The maximum absolute atomic E-state index is 4.74. The van der Waals surface area contributed by atoms with Gasteiger partial charge in [0.15, 0.2) is 0 Å². The van der Waals surface area contributed by atoms with E-state index in [1.165, 1.54) is 16.7 Å². The quantitative estimate of drug-likeness (QED) is 0.571. The van der Waals surface area contributed by atoms with Gasteiger partial charge >= 0.3 is 0 Å². The molecule has 25 heavy (non-hydrogen) atoms. The lowest BCUT2D eigenvalue weighted by molar-refractivity contribution is 1.11. The first-order valence-electron chi connectivity index (χ1n) is 8.35. The van der Waals surface area contributed by atoms with Crippen LogP contribution in [-0.4, -0.2) is 14.4 Å². The van der Waals surface area contributed by atoms with Gasteiger partial charge in [0.25, 0.3) is 0 Å². The van der Waals surface area contributed by atoms with E-state index in [4.69, 9.17) is 4.98 Å². The van der Waals surface area contributed by atoms with Gasteiger partial charge in [-0.25, -0.2) is 9.97 Å². The standard InChI is InChI=1S/C21H20N4/c1-14-5-7-17(8-6-14)19-20(25-10-4-9-22-21(25)24-19)23-18-12-15(2)11-16(3)13-18/h4-13,23H,1-3H3. The predicted octanol–water partition coefficient (Wildman–Crippen LogP) is 5.07. The molecule has 2 heterocycles. The highest BCUT2D eigenvalue weighted by molar-refractivity contribution is 5.79. The monoisotopic (exact) mass is 328 g/mol. The van der Waals surface area contributed by atoms with Crippen molar-refractivity contribution >= 4 is 17.3 Å². The molecule has 2 aromatic carbocycles. The second-order valence-corrected chi connectivity index (χ2v) is 6.47. The second-order valence-electron chi connectivity index (χ2n) is 6.47. The van der Waals surface area contributed by atoms with Gasteiger partial charge in [-0.1, -0.05) is 35.9 Å². The number of imidazole rings is 1. The van der Waals surface area contributed by atoms with Crippen LogP contribution in [0.25, 0.3) is 17.0 Å². The van der Waals surface area contributed by atoms with Gasteiger partial charge < -0.3 is 5.32 Å². The number of benzene rings is 2. The minimum atomic E-state index is 0.685. The third kappa shape index (κ3) is 2.98. The molecule has 4 rings (SSSR count). The lowest BCUT2D eigenvalue weighted by Gasteiger charge is -2.10. The van der Waals surface area contributed by atoms with Gasteiger partial charge in [-0.15, -0.1) is 0 Å². The van der Waals surface area contributed by atoms with E-state index < -0.39 is 0 Å². The van der Waals surface area contributed by atoms with E-state index in [-0.39, 0.29) is 0 Å². The van der Waals surface area contributed by atoms with Crippen LogP contribution in [0.1, 0.15) is 16.7 Å². The van der Waals surface area contributed by atoms with Crippen LogP contribution in [0.15, 0.2) is 60.9 Å². The average molecular weight is 328 g/mol. The van der Waals surface area contributed by atoms with Crippen LogP contribution in [-0.2, 0) is 0 Å². The molecule has 0 atom stereocenters. The molecule has 0 aliphatic rings. The minimum Gasteiger partial charge on any atom is -0.339 e. The van der Waals surface area contributed by atoms with Crippen molar-refractivity contribution in [2.75, 3.05) is 5.32 Å². The molecule has 4 heteroatoms. The SMILES string of the molecule is Cc1ccc(-c2nc3ncccn3c2Nc2cc(C)cc(C)c2)cc1. The molecule has 0 saturated carbocycles. The van der Waals surface area contributed by atoms with E-state index in [1.54, 1.807) is 6.20 Å². The molecule has 4 nitrogen and oxygen atoms in total. The predicted molar refractivity (Wildman–Crippen MR) is 102 cm³/mol. The first-order valence-corrected chi connectivity index (χ1v) is 8.35. The number of hydrogen-bond donors (Lipinski definition) is 1. The molecule has 0 fully saturated rings. The van der Waals surface area contributed by atoms with Crippen molar-refractivity contribution in [3.63, 3.8) is 0 Å². The van der Waals surface area contributed by atoms with Gasteiger partial charge in [0.05, 0.1) is 0 Å². The van der Waals surface area contributed by atoms with Crippen molar-refractivity contribution in [2.45, 2.75) is 20.8 Å². The molecule has 0 aliphatic carbocycles. The van der Waals surface area contributed by atoms with Crippen LogP contribution >= 0.6 is 0 Å². The summed E-state index contributed by atoms with van der Waals surface area (Å²) in [5, 5.41) is 3.55. The number of nitrogens with zero attached hydrogens (tertiary/aromatic N) is 3. The molecule has 0 spiro atoms. The molecule has 0 amide bonds. The van der Waals surface area contributed by atoms with Crippen molar-refractivity contribution in [1.29, 1.82) is 0 Å². The molecule has 0 unspecified atom stereocenters. The molecular weight excluding hydrogens is 308 g/mol. The van der Waals surface area contributed by atoms with E-state index >= 15 is 0 Å². The Hall–Kier alpha value is -3.14. The molecule has 0 radical (unpaired) electrons. The first-order chi connectivity index (χ1) is 12.1. The molecule has 0 aliphatic heterocycles. The van der Waals surface area contributed by atoms with Crippen LogP contribution in [0, 0.1) is 20.8 Å². The molecule has 0 saturated heterocycles. The van der Waals surface area contributed by atoms with E-state index in [9.17, 15) is 0 Å². The molecule has 4 aromatic rings. The third-order valence-corrected chi connectivity index (χ3v) is 4.21. The van der Waals surface area contributed by atoms with Crippen LogP contribution in [0.5, 0.6) is 0 Å². The fourth-order valence-electron chi connectivity index (χ4n) is 3.10. The van der Waals surface area contributed by atoms with E-state index in [2.05, 4.69) is 73.5 Å². The number of fused-ring (bicyclic) bond motifs is 1. The van der Waals surface area contributed by atoms with Crippen molar-refractivity contribution in [3.8, 4) is 11.3 Å². The number of anilines is 2. The first kappa shape index (κ1) is 15.4.